The molecule has 0 heterocycles. The smallest absolute Gasteiger partial charge is 0.261 e. The second-order valence-electron chi connectivity index (χ2n) is 6.00. The number of para-hydroxylation sites is 1. The first-order valence-electron chi connectivity index (χ1n) is 8.24. The van der Waals surface area contributed by atoms with E-state index in [2.05, 4.69) is 5.32 Å². The van der Waals surface area contributed by atoms with E-state index in [9.17, 15) is 13.2 Å². The lowest BCUT2D eigenvalue weighted by molar-refractivity contribution is -0.128. The number of rotatable bonds is 7. The fraction of sp³-hybridized carbons (Fsp3) is 0.316. The summed E-state index contributed by atoms with van der Waals surface area (Å²) in [5.41, 5.74) is 0.832. The minimum absolute atomic E-state index is 0.242. The molecule has 0 aliphatic rings. The Bertz CT molecular complexity index is 865. The molecule has 2 atom stereocenters. The number of carbonyl (C=O) groups excluding carboxylic acids is 1. The highest BCUT2D eigenvalue weighted by atomic mass is 35.5. The molecule has 7 heteroatoms. The zero-order chi connectivity index (χ0) is 19.3. The average molecular weight is 396 g/mol. The third kappa shape index (κ3) is 5.22. The second kappa shape index (κ2) is 8.56. The summed E-state index contributed by atoms with van der Waals surface area (Å²) in [4.78, 5) is 12.7. The van der Waals surface area contributed by atoms with Gasteiger partial charge in [0, 0.05) is 6.26 Å². The van der Waals surface area contributed by atoms with Crippen LogP contribution in [0.25, 0.3) is 0 Å². The van der Waals surface area contributed by atoms with E-state index in [1.165, 1.54) is 0 Å². The highest BCUT2D eigenvalue weighted by molar-refractivity contribution is 7.90. The molecule has 0 aliphatic carbocycles. The van der Waals surface area contributed by atoms with Crippen LogP contribution in [0.1, 0.15) is 31.9 Å². The predicted molar refractivity (Wildman–Crippen MR) is 102 cm³/mol. The predicted octanol–water partition coefficient (Wildman–Crippen LogP) is 3.78. The average Bonchev–Trinajstić information content (AvgIpc) is 2.60. The van der Waals surface area contributed by atoms with E-state index in [1.807, 2.05) is 6.92 Å². The molecule has 0 spiro atoms. The Kier molecular flexibility index (Phi) is 6.67. The first-order chi connectivity index (χ1) is 12.2. The quantitative estimate of drug-likeness (QED) is 0.774. The summed E-state index contributed by atoms with van der Waals surface area (Å²) < 4.78 is 28.7. The minimum atomic E-state index is -3.25. The third-order valence-corrected chi connectivity index (χ3v) is 5.39. The van der Waals surface area contributed by atoms with Gasteiger partial charge in [-0.05, 0) is 43.2 Å². The van der Waals surface area contributed by atoms with Gasteiger partial charge in [0.05, 0.1) is 16.0 Å². The van der Waals surface area contributed by atoms with Crippen LogP contribution in [0.5, 0.6) is 5.75 Å². The van der Waals surface area contributed by atoms with E-state index in [4.69, 9.17) is 16.3 Å². The number of sulfone groups is 1. The maximum absolute atomic E-state index is 12.5. The molecule has 1 N–H and O–H groups in total. The fourth-order valence-corrected chi connectivity index (χ4v) is 3.25. The first kappa shape index (κ1) is 20.3. The van der Waals surface area contributed by atoms with E-state index in [-0.39, 0.29) is 16.8 Å². The molecule has 0 saturated carbocycles. The number of benzene rings is 2. The lowest BCUT2D eigenvalue weighted by Crippen LogP contribution is -2.38. The highest BCUT2D eigenvalue weighted by Gasteiger charge is 2.20. The summed E-state index contributed by atoms with van der Waals surface area (Å²) >= 11 is 6.05. The molecule has 0 radical (unpaired) electrons. The standard InChI is InChI=1S/C19H22ClNO4S/c1-4-17(14-9-11-15(12-10-14)26(3,23)24)21-19(22)13(2)25-18-8-6-5-7-16(18)20/h5-13,17H,4H2,1-3H3,(H,21,22)/t13-,17+/m0/s1. The van der Waals surface area contributed by atoms with Crippen molar-refractivity contribution in [1.82, 2.24) is 5.32 Å². The van der Waals surface area contributed by atoms with Crippen LogP contribution in [-0.2, 0) is 14.6 Å². The summed E-state index contributed by atoms with van der Waals surface area (Å²) in [6.07, 6.45) is 1.09. The number of halogens is 1. The maximum Gasteiger partial charge on any atom is 0.261 e. The van der Waals surface area contributed by atoms with Gasteiger partial charge in [0.2, 0.25) is 0 Å². The number of carbonyl (C=O) groups is 1. The molecular weight excluding hydrogens is 374 g/mol. The Morgan fingerprint density at radius 2 is 1.77 bits per heavy atom. The lowest BCUT2D eigenvalue weighted by atomic mass is 10.0. The topological polar surface area (TPSA) is 72.5 Å². The molecule has 2 aromatic rings. The molecule has 0 bridgehead atoms. The first-order valence-corrected chi connectivity index (χ1v) is 10.5. The largest absolute Gasteiger partial charge is 0.479 e. The molecule has 2 rings (SSSR count). The van der Waals surface area contributed by atoms with Gasteiger partial charge in [-0.25, -0.2) is 8.42 Å². The van der Waals surface area contributed by atoms with E-state index >= 15 is 0 Å². The van der Waals surface area contributed by atoms with Crippen LogP contribution in [0.2, 0.25) is 5.02 Å². The summed E-state index contributed by atoms with van der Waals surface area (Å²) in [6.45, 7) is 3.59. The zero-order valence-electron chi connectivity index (χ0n) is 14.9. The summed E-state index contributed by atoms with van der Waals surface area (Å²) in [6, 6.07) is 13.2. The highest BCUT2D eigenvalue weighted by Crippen LogP contribution is 2.25. The van der Waals surface area contributed by atoms with E-state index in [1.54, 1.807) is 55.5 Å². The lowest BCUT2D eigenvalue weighted by Gasteiger charge is -2.21. The number of amides is 1. The van der Waals surface area contributed by atoms with Crippen LogP contribution in [0.15, 0.2) is 53.4 Å². The van der Waals surface area contributed by atoms with Gasteiger partial charge in [0.15, 0.2) is 15.9 Å². The molecule has 1 amide bonds. The van der Waals surface area contributed by atoms with Gasteiger partial charge in [-0.1, -0.05) is 42.8 Å². The molecule has 0 aliphatic heterocycles. The van der Waals surface area contributed by atoms with Crippen molar-refractivity contribution in [3.8, 4) is 5.75 Å². The Morgan fingerprint density at radius 3 is 2.31 bits per heavy atom. The molecule has 0 aromatic heterocycles. The van der Waals surface area contributed by atoms with Crippen molar-refractivity contribution >= 4 is 27.3 Å². The van der Waals surface area contributed by atoms with Gasteiger partial charge in [0.1, 0.15) is 5.75 Å². The number of ether oxygens (including phenoxy) is 1. The molecule has 0 unspecified atom stereocenters. The normalized spacial score (nSPS) is 13.7. The van der Waals surface area contributed by atoms with Crippen molar-refractivity contribution in [2.24, 2.45) is 0 Å². The fourth-order valence-electron chi connectivity index (χ4n) is 2.44. The van der Waals surface area contributed by atoms with Gasteiger partial charge >= 0.3 is 0 Å². The van der Waals surface area contributed by atoms with Crippen molar-refractivity contribution < 1.29 is 17.9 Å². The van der Waals surface area contributed by atoms with Gasteiger partial charge in [-0.15, -0.1) is 0 Å². The van der Waals surface area contributed by atoms with Crippen LogP contribution in [0.4, 0.5) is 0 Å². The van der Waals surface area contributed by atoms with E-state index in [0.717, 1.165) is 11.8 Å². The summed E-state index contributed by atoms with van der Waals surface area (Å²) in [5, 5.41) is 3.36. The van der Waals surface area contributed by atoms with Gasteiger partial charge in [0.25, 0.3) is 5.91 Å². The van der Waals surface area contributed by atoms with Crippen LogP contribution in [-0.4, -0.2) is 26.7 Å². The van der Waals surface area contributed by atoms with Crippen molar-refractivity contribution in [3.05, 3.63) is 59.1 Å². The summed E-state index contributed by atoms with van der Waals surface area (Å²) in [7, 11) is -3.25. The Morgan fingerprint density at radius 1 is 1.15 bits per heavy atom. The van der Waals surface area contributed by atoms with E-state index in [0.29, 0.717) is 17.2 Å². The third-order valence-electron chi connectivity index (χ3n) is 3.94. The van der Waals surface area contributed by atoms with Crippen molar-refractivity contribution in [2.75, 3.05) is 6.26 Å². The molecule has 140 valence electrons. The molecule has 26 heavy (non-hydrogen) atoms. The van der Waals surface area contributed by atoms with Crippen LogP contribution in [0, 0.1) is 0 Å². The van der Waals surface area contributed by atoms with E-state index < -0.39 is 15.9 Å². The number of hydrogen-bond acceptors (Lipinski definition) is 4. The molecular formula is C19H22ClNO4S. The van der Waals surface area contributed by atoms with Crippen LogP contribution in [0.3, 0.4) is 0 Å². The Labute approximate surface area is 159 Å². The van der Waals surface area contributed by atoms with Crippen molar-refractivity contribution in [1.29, 1.82) is 0 Å². The van der Waals surface area contributed by atoms with Gasteiger partial charge < -0.3 is 10.1 Å². The summed E-state index contributed by atoms with van der Waals surface area (Å²) in [5.74, 6) is 0.173. The van der Waals surface area contributed by atoms with Crippen LogP contribution < -0.4 is 10.1 Å². The second-order valence-corrected chi connectivity index (χ2v) is 8.42. The monoisotopic (exact) mass is 395 g/mol. The Balaban J connectivity index is 2.06. The van der Waals surface area contributed by atoms with Gasteiger partial charge in [-0.2, -0.15) is 0 Å². The molecule has 5 nitrogen and oxygen atoms in total. The molecule has 0 saturated heterocycles. The molecule has 0 fully saturated rings. The molecule has 2 aromatic carbocycles. The zero-order valence-corrected chi connectivity index (χ0v) is 16.5. The van der Waals surface area contributed by atoms with Crippen LogP contribution >= 0.6 is 11.6 Å². The SMILES string of the molecule is CC[C@@H](NC(=O)[C@H](C)Oc1ccccc1Cl)c1ccc(S(C)(=O)=O)cc1. The Hall–Kier alpha value is -2.05. The maximum atomic E-state index is 12.5. The number of hydrogen-bond donors (Lipinski definition) is 1. The van der Waals surface area contributed by atoms with Gasteiger partial charge in [-0.3, -0.25) is 4.79 Å². The number of nitrogens with one attached hydrogen (secondary N) is 1. The minimum Gasteiger partial charge on any atom is -0.479 e. The van der Waals surface area contributed by atoms with Crippen molar-refractivity contribution in [3.63, 3.8) is 0 Å². The van der Waals surface area contributed by atoms with Crippen molar-refractivity contribution in [2.45, 2.75) is 37.3 Å².